The number of nitrogens with zero attached hydrogens (tertiary/aromatic N) is 3. The van der Waals surface area contributed by atoms with Gasteiger partial charge in [0.25, 0.3) is 5.91 Å². The van der Waals surface area contributed by atoms with Crippen LogP contribution in [0.2, 0.25) is 5.02 Å². The first-order valence-corrected chi connectivity index (χ1v) is 10.3. The monoisotopic (exact) mass is 399 g/mol. The van der Waals surface area contributed by atoms with Gasteiger partial charge in [0.2, 0.25) is 0 Å². The molecule has 3 aromatic heterocycles. The average Bonchev–Trinajstić information content (AvgIpc) is 3.28. The van der Waals surface area contributed by atoms with Crippen LogP contribution in [0.4, 0.5) is 0 Å². The van der Waals surface area contributed by atoms with Gasteiger partial charge in [-0.1, -0.05) is 17.7 Å². The smallest absolute Gasteiger partial charge is 0.268 e. The summed E-state index contributed by atoms with van der Waals surface area (Å²) in [5.74, 6) is 1.45. The number of aromatic amines is 1. The summed E-state index contributed by atoms with van der Waals surface area (Å²) in [6, 6.07) is 12.8. The third kappa shape index (κ3) is 3.65. The van der Waals surface area contributed by atoms with Crippen molar-refractivity contribution in [1.29, 1.82) is 0 Å². The molecule has 8 heteroatoms. The van der Waals surface area contributed by atoms with E-state index in [-0.39, 0.29) is 11.9 Å². The Kier molecular flexibility index (Phi) is 5.05. The summed E-state index contributed by atoms with van der Waals surface area (Å²) in [6.07, 6.45) is 4.71. The second-order valence-corrected chi connectivity index (χ2v) is 7.63. The lowest BCUT2D eigenvalue weighted by atomic mass is 10.2. The molecule has 0 fully saturated rings. The van der Waals surface area contributed by atoms with E-state index in [1.54, 1.807) is 17.8 Å². The molecule has 4 rings (SSSR count). The van der Waals surface area contributed by atoms with Gasteiger partial charge in [0, 0.05) is 22.1 Å². The number of H-pyrrole nitrogens is 1. The van der Waals surface area contributed by atoms with Gasteiger partial charge in [0.15, 0.2) is 11.5 Å². The maximum Gasteiger partial charge on any atom is 0.268 e. The predicted molar refractivity (Wildman–Crippen MR) is 110 cm³/mol. The number of aromatic nitrogens is 4. The topological polar surface area (TPSA) is 75.1 Å². The molecule has 1 aromatic carbocycles. The van der Waals surface area contributed by atoms with E-state index in [1.807, 2.05) is 53.3 Å². The molecular weight excluding hydrogens is 382 g/mol. The van der Waals surface area contributed by atoms with Gasteiger partial charge < -0.3 is 10.3 Å². The summed E-state index contributed by atoms with van der Waals surface area (Å²) in [6.45, 7) is 0. The van der Waals surface area contributed by atoms with Crippen molar-refractivity contribution in [2.24, 2.45) is 0 Å². The van der Waals surface area contributed by atoms with E-state index in [0.717, 1.165) is 34.5 Å². The molecule has 4 aromatic rings. The Morgan fingerprint density at radius 3 is 3.04 bits per heavy atom. The number of nitrogens with one attached hydrogen (secondary N) is 2. The van der Waals surface area contributed by atoms with Crippen molar-refractivity contribution in [1.82, 2.24) is 24.9 Å². The molecule has 138 valence electrons. The van der Waals surface area contributed by atoms with Gasteiger partial charge in [-0.15, -0.1) is 10.2 Å². The van der Waals surface area contributed by atoms with Crippen LogP contribution in [0.3, 0.4) is 0 Å². The molecule has 2 N–H and O–H groups in total. The van der Waals surface area contributed by atoms with Gasteiger partial charge in [0.1, 0.15) is 5.69 Å². The number of thioether (sulfide) groups is 1. The number of halogens is 1. The number of hydrogen-bond donors (Lipinski definition) is 2. The van der Waals surface area contributed by atoms with Gasteiger partial charge in [-0.25, -0.2) is 0 Å². The Balaban J connectivity index is 1.63. The minimum absolute atomic E-state index is 0.180. The molecular formula is C19H18ClN5OS. The SMILES string of the molecule is CSCCC(NC(=O)c1cc2cc(Cl)ccc2[nH]1)c1nnc2ccccn12. The molecule has 0 aliphatic carbocycles. The highest BCUT2D eigenvalue weighted by Gasteiger charge is 2.21. The van der Waals surface area contributed by atoms with E-state index in [2.05, 4.69) is 20.5 Å². The van der Waals surface area contributed by atoms with Crippen molar-refractivity contribution in [3.63, 3.8) is 0 Å². The van der Waals surface area contributed by atoms with E-state index >= 15 is 0 Å². The Labute approximate surface area is 165 Å². The van der Waals surface area contributed by atoms with Crippen molar-refractivity contribution in [2.45, 2.75) is 12.5 Å². The van der Waals surface area contributed by atoms with Crippen molar-refractivity contribution >= 4 is 45.8 Å². The fraction of sp³-hybridized carbons (Fsp3) is 0.211. The van der Waals surface area contributed by atoms with Gasteiger partial charge in [-0.05, 0) is 54.8 Å². The highest BCUT2D eigenvalue weighted by molar-refractivity contribution is 7.98. The number of carbonyl (C=O) groups is 1. The lowest BCUT2D eigenvalue weighted by molar-refractivity contribution is 0.0929. The first-order valence-electron chi connectivity index (χ1n) is 8.53. The lowest BCUT2D eigenvalue weighted by Crippen LogP contribution is -2.30. The van der Waals surface area contributed by atoms with Crippen LogP contribution in [0, 0.1) is 0 Å². The quantitative estimate of drug-likeness (QED) is 0.512. The van der Waals surface area contributed by atoms with Gasteiger partial charge >= 0.3 is 0 Å². The molecule has 6 nitrogen and oxygen atoms in total. The van der Waals surface area contributed by atoms with Gasteiger partial charge in [0.05, 0.1) is 6.04 Å². The molecule has 1 atom stereocenters. The zero-order chi connectivity index (χ0) is 18.8. The number of pyridine rings is 1. The fourth-order valence-corrected chi connectivity index (χ4v) is 3.71. The van der Waals surface area contributed by atoms with Gasteiger partial charge in [-0.3, -0.25) is 9.20 Å². The second kappa shape index (κ2) is 7.62. The summed E-state index contributed by atoms with van der Waals surface area (Å²) in [5.41, 5.74) is 2.13. The van der Waals surface area contributed by atoms with E-state index in [4.69, 9.17) is 11.6 Å². The summed E-state index contributed by atoms with van der Waals surface area (Å²) in [7, 11) is 0. The number of benzene rings is 1. The third-order valence-electron chi connectivity index (χ3n) is 4.40. The molecule has 27 heavy (non-hydrogen) atoms. The molecule has 0 bridgehead atoms. The molecule has 0 aliphatic rings. The highest BCUT2D eigenvalue weighted by atomic mass is 35.5. The van der Waals surface area contributed by atoms with Crippen molar-refractivity contribution in [2.75, 3.05) is 12.0 Å². The molecule has 0 aliphatic heterocycles. The van der Waals surface area contributed by atoms with E-state index in [9.17, 15) is 4.79 Å². The maximum atomic E-state index is 12.9. The summed E-state index contributed by atoms with van der Waals surface area (Å²) in [5, 5.41) is 13.2. The number of rotatable bonds is 6. The van der Waals surface area contributed by atoms with Crippen LogP contribution >= 0.6 is 23.4 Å². The summed E-state index contributed by atoms with van der Waals surface area (Å²) in [4.78, 5) is 16.0. The normalized spacial score (nSPS) is 12.5. The van der Waals surface area contributed by atoms with Crippen LogP contribution in [0.15, 0.2) is 48.7 Å². The van der Waals surface area contributed by atoms with Crippen molar-refractivity contribution in [3.8, 4) is 0 Å². The second-order valence-electron chi connectivity index (χ2n) is 6.21. The van der Waals surface area contributed by atoms with Crippen LogP contribution in [-0.2, 0) is 0 Å². The predicted octanol–water partition coefficient (Wildman–Crippen LogP) is 4.09. The van der Waals surface area contributed by atoms with Crippen LogP contribution in [0.1, 0.15) is 28.8 Å². The Bertz CT molecular complexity index is 1110. The number of amides is 1. The van der Waals surface area contributed by atoms with Crippen LogP contribution in [-0.4, -0.2) is 37.5 Å². The van der Waals surface area contributed by atoms with Crippen molar-refractivity contribution < 1.29 is 4.79 Å². The Morgan fingerprint density at radius 1 is 1.30 bits per heavy atom. The molecule has 0 saturated heterocycles. The zero-order valence-corrected chi connectivity index (χ0v) is 16.2. The number of hydrogen-bond acceptors (Lipinski definition) is 4. The zero-order valence-electron chi connectivity index (χ0n) is 14.6. The number of fused-ring (bicyclic) bond motifs is 2. The van der Waals surface area contributed by atoms with Crippen LogP contribution in [0.25, 0.3) is 16.6 Å². The van der Waals surface area contributed by atoms with E-state index in [1.165, 1.54) is 0 Å². The number of carbonyl (C=O) groups excluding carboxylic acids is 1. The Hall–Kier alpha value is -2.51. The first kappa shape index (κ1) is 17.9. The third-order valence-corrected chi connectivity index (χ3v) is 5.27. The summed E-state index contributed by atoms with van der Waals surface area (Å²) < 4.78 is 1.91. The molecule has 0 saturated carbocycles. The minimum atomic E-state index is -0.239. The lowest BCUT2D eigenvalue weighted by Gasteiger charge is -2.16. The van der Waals surface area contributed by atoms with E-state index < -0.39 is 0 Å². The van der Waals surface area contributed by atoms with Crippen molar-refractivity contribution in [3.05, 3.63) is 65.2 Å². The molecule has 0 radical (unpaired) electrons. The van der Waals surface area contributed by atoms with Crippen LogP contribution < -0.4 is 5.32 Å². The first-order chi connectivity index (χ1) is 13.2. The summed E-state index contributed by atoms with van der Waals surface area (Å²) >= 11 is 7.77. The fourth-order valence-electron chi connectivity index (χ4n) is 3.06. The van der Waals surface area contributed by atoms with E-state index in [0.29, 0.717) is 10.7 Å². The average molecular weight is 400 g/mol. The standard InChI is InChI=1S/C19H18ClN5OS/c1-27-9-7-15(18-24-23-17-4-2-3-8-25(17)18)22-19(26)16-11-12-10-13(20)5-6-14(12)21-16/h2-6,8,10-11,15,21H,7,9H2,1H3,(H,22,26). The molecule has 3 heterocycles. The van der Waals surface area contributed by atoms with Gasteiger partial charge in [-0.2, -0.15) is 11.8 Å². The highest BCUT2D eigenvalue weighted by Crippen LogP contribution is 2.22. The Morgan fingerprint density at radius 2 is 2.19 bits per heavy atom. The molecule has 1 unspecified atom stereocenters. The molecule has 1 amide bonds. The maximum absolute atomic E-state index is 12.9. The molecule has 0 spiro atoms. The largest absolute Gasteiger partial charge is 0.351 e. The minimum Gasteiger partial charge on any atom is -0.351 e. The van der Waals surface area contributed by atoms with Crippen LogP contribution in [0.5, 0.6) is 0 Å².